The predicted octanol–water partition coefficient (Wildman–Crippen LogP) is 6.66. The van der Waals surface area contributed by atoms with Crippen molar-refractivity contribution >= 4 is 12.4 Å². The average molecular weight is 525 g/mol. The molecule has 4 N–H and O–H groups in total. The van der Waals surface area contributed by atoms with Crippen LogP contribution in [0, 0.1) is 0 Å². The first-order chi connectivity index (χ1) is 19.7. The molecule has 0 saturated heterocycles. The normalized spacial score (nSPS) is 12.0. The summed E-state index contributed by atoms with van der Waals surface area (Å²) in [6, 6.07) is 47.0. The van der Waals surface area contributed by atoms with Crippen molar-refractivity contribution in [2.24, 2.45) is 21.5 Å². The van der Waals surface area contributed by atoms with Crippen molar-refractivity contribution in [2.45, 2.75) is 18.7 Å². The van der Waals surface area contributed by atoms with Crippen molar-refractivity contribution in [1.82, 2.24) is 0 Å². The molecular formula is C35H32N4O. The summed E-state index contributed by atoms with van der Waals surface area (Å²) in [7, 11) is 0. The molecule has 0 heterocycles. The molecule has 0 aliphatic rings. The highest BCUT2D eigenvalue weighted by molar-refractivity contribution is 5.81. The standard InChI is InChI=1S/C35H32N4O/c36-24-27-12-10-14-29(22-27)30-15-11-13-28(23-30)25-40-34(37)38-26-39-35(31-16-4-1-5-17-31,32-18-6-2-7-19-32)33-20-8-3-9-21-33/h1-23,26H,24-25,36H2,(H2,37,38,39). The number of nitrogens with zero attached hydrogens (tertiary/aromatic N) is 2. The van der Waals surface area contributed by atoms with Gasteiger partial charge in [0.2, 0.25) is 0 Å². The fraction of sp³-hybridized carbons (Fsp3) is 0.0857. The Hall–Kier alpha value is -5.00. The van der Waals surface area contributed by atoms with Crippen molar-refractivity contribution in [3.8, 4) is 11.1 Å². The van der Waals surface area contributed by atoms with E-state index in [9.17, 15) is 0 Å². The highest BCUT2D eigenvalue weighted by Gasteiger charge is 2.35. The number of rotatable bonds is 9. The van der Waals surface area contributed by atoms with Gasteiger partial charge in [0.05, 0.1) is 0 Å². The molecule has 5 rings (SSSR count). The molecule has 0 amide bonds. The van der Waals surface area contributed by atoms with Gasteiger partial charge in [-0.25, -0.2) is 0 Å². The monoisotopic (exact) mass is 524 g/mol. The van der Waals surface area contributed by atoms with Gasteiger partial charge in [-0.1, -0.05) is 127 Å². The second kappa shape index (κ2) is 12.7. The van der Waals surface area contributed by atoms with Crippen molar-refractivity contribution in [3.63, 3.8) is 0 Å². The molecule has 198 valence electrons. The molecule has 5 heteroatoms. The van der Waals surface area contributed by atoms with E-state index in [-0.39, 0.29) is 12.6 Å². The summed E-state index contributed by atoms with van der Waals surface area (Å²) in [4.78, 5) is 9.42. The number of ether oxygens (including phenoxy) is 1. The van der Waals surface area contributed by atoms with Crippen LogP contribution in [0.3, 0.4) is 0 Å². The van der Waals surface area contributed by atoms with E-state index in [1.165, 1.54) is 6.34 Å². The summed E-state index contributed by atoms with van der Waals surface area (Å²) < 4.78 is 5.81. The lowest BCUT2D eigenvalue weighted by Gasteiger charge is -2.31. The van der Waals surface area contributed by atoms with Gasteiger partial charge in [-0.15, -0.1) is 0 Å². The third kappa shape index (κ3) is 6.01. The Morgan fingerprint density at radius 2 is 1.10 bits per heavy atom. The van der Waals surface area contributed by atoms with E-state index in [4.69, 9.17) is 21.2 Å². The molecule has 40 heavy (non-hydrogen) atoms. The van der Waals surface area contributed by atoms with Crippen LogP contribution in [0.15, 0.2) is 150 Å². The Kier molecular flexibility index (Phi) is 8.44. The summed E-state index contributed by atoms with van der Waals surface area (Å²) in [6.45, 7) is 0.792. The molecule has 5 nitrogen and oxygen atoms in total. The number of amidine groups is 1. The first-order valence-corrected chi connectivity index (χ1v) is 13.2. The maximum atomic E-state index is 6.18. The first-order valence-electron chi connectivity index (χ1n) is 13.2. The number of hydrogen-bond donors (Lipinski definition) is 2. The number of aliphatic imine (C=N–C) groups is 2. The Balaban J connectivity index is 1.41. The van der Waals surface area contributed by atoms with Crippen molar-refractivity contribution in [1.29, 1.82) is 0 Å². The van der Waals surface area contributed by atoms with Gasteiger partial charge in [0.1, 0.15) is 18.5 Å². The van der Waals surface area contributed by atoms with Crippen molar-refractivity contribution in [2.75, 3.05) is 0 Å². The zero-order valence-corrected chi connectivity index (χ0v) is 22.2. The van der Waals surface area contributed by atoms with Gasteiger partial charge in [-0.2, -0.15) is 4.99 Å². The molecule has 0 bridgehead atoms. The molecule has 0 unspecified atom stereocenters. The summed E-state index contributed by atoms with van der Waals surface area (Å²) >= 11 is 0. The Bertz CT molecular complexity index is 1490. The van der Waals surface area contributed by atoms with Crippen LogP contribution in [-0.4, -0.2) is 12.4 Å². The molecule has 0 radical (unpaired) electrons. The second-order valence-corrected chi connectivity index (χ2v) is 9.41. The first kappa shape index (κ1) is 26.6. The van der Waals surface area contributed by atoms with Crippen LogP contribution in [0.25, 0.3) is 11.1 Å². The second-order valence-electron chi connectivity index (χ2n) is 9.41. The lowest BCUT2D eigenvalue weighted by Crippen LogP contribution is -2.27. The van der Waals surface area contributed by atoms with E-state index in [1.807, 2.05) is 78.9 Å². The molecule has 0 saturated carbocycles. The van der Waals surface area contributed by atoms with E-state index >= 15 is 0 Å². The predicted molar refractivity (Wildman–Crippen MR) is 164 cm³/mol. The van der Waals surface area contributed by atoms with Gasteiger partial charge in [-0.3, -0.25) is 4.99 Å². The highest BCUT2D eigenvalue weighted by atomic mass is 16.5. The van der Waals surface area contributed by atoms with E-state index < -0.39 is 5.54 Å². The van der Waals surface area contributed by atoms with Gasteiger partial charge in [0.15, 0.2) is 0 Å². The Labute approximate surface area is 235 Å². The number of hydrogen-bond acceptors (Lipinski definition) is 3. The molecule has 0 aliphatic carbocycles. The lowest BCUT2D eigenvalue weighted by molar-refractivity contribution is 0.288. The highest BCUT2D eigenvalue weighted by Crippen LogP contribution is 2.40. The van der Waals surface area contributed by atoms with Gasteiger partial charge in [-0.05, 0) is 51.1 Å². The minimum Gasteiger partial charge on any atom is -0.460 e. The molecular weight excluding hydrogens is 492 g/mol. The zero-order chi connectivity index (χ0) is 27.6. The van der Waals surface area contributed by atoms with E-state index in [2.05, 4.69) is 65.7 Å². The van der Waals surface area contributed by atoms with Crippen LogP contribution < -0.4 is 11.5 Å². The minimum atomic E-state index is -0.806. The quantitative estimate of drug-likeness (QED) is 0.128. The maximum absolute atomic E-state index is 6.18. The fourth-order valence-corrected chi connectivity index (χ4v) is 4.85. The van der Waals surface area contributed by atoms with Crippen LogP contribution >= 0.6 is 0 Å². The minimum absolute atomic E-state index is 0.0439. The SMILES string of the molecule is NCc1cccc(-c2cccc(COC(N)=NC=NC(c3ccccc3)(c3ccccc3)c3ccccc3)c2)c1. The van der Waals surface area contributed by atoms with E-state index in [0.717, 1.165) is 38.9 Å². The van der Waals surface area contributed by atoms with E-state index in [1.54, 1.807) is 0 Å². The van der Waals surface area contributed by atoms with E-state index in [0.29, 0.717) is 6.54 Å². The van der Waals surface area contributed by atoms with Crippen molar-refractivity contribution < 1.29 is 4.74 Å². The summed E-state index contributed by atoms with van der Waals surface area (Å²) in [5.74, 6) is 0. The molecule has 0 aromatic heterocycles. The summed E-state index contributed by atoms with van der Waals surface area (Å²) in [5.41, 5.74) is 18.5. The largest absolute Gasteiger partial charge is 0.460 e. The smallest absolute Gasteiger partial charge is 0.288 e. The van der Waals surface area contributed by atoms with Crippen LogP contribution in [0.5, 0.6) is 0 Å². The van der Waals surface area contributed by atoms with Crippen LogP contribution in [-0.2, 0) is 23.4 Å². The molecule has 5 aromatic rings. The van der Waals surface area contributed by atoms with Crippen molar-refractivity contribution in [3.05, 3.63) is 167 Å². The summed E-state index contributed by atoms with van der Waals surface area (Å²) in [5, 5.41) is 0. The Morgan fingerprint density at radius 3 is 1.60 bits per heavy atom. The average Bonchev–Trinajstić information content (AvgIpc) is 3.03. The van der Waals surface area contributed by atoms with Gasteiger partial charge >= 0.3 is 0 Å². The number of benzene rings is 5. The zero-order valence-electron chi connectivity index (χ0n) is 22.2. The molecule has 5 aromatic carbocycles. The van der Waals surface area contributed by atoms with Gasteiger partial charge in [0.25, 0.3) is 6.02 Å². The third-order valence-corrected chi connectivity index (χ3v) is 6.82. The molecule has 0 atom stereocenters. The lowest BCUT2D eigenvalue weighted by atomic mass is 9.77. The van der Waals surface area contributed by atoms with Crippen LogP contribution in [0.1, 0.15) is 27.8 Å². The summed E-state index contributed by atoms with van der Waals surface area (Å²) in [6.07, 6.45) is 1.50. The van der Waals surface area contributed by atoms with Gasteiger partial charge in [0, 0.05) is 6.54 Å². The molecule has 0 aliphatic heterocycles. The van der Waals surface area contributed by atoms with Crippen LogP contribution in [0.4, 0.5) is 0 Å². The molecule has 0 fully saturated rings. The van der Waals surface area contributed by atoms with Gasteiger partial charge < -0.3 is 16.2 Å². The topological polar surface area (TPSA) is 86.0 Å². The third-order valence-electron chi connectivity index (χ3n) is 6.82. The maximum Gasteiger partial charge on any atom is 0.288 e. The molecule has 0 spiro atoms. The Morgan fingerprint density at radius 1 is 0.625 bits per heavy atom. The fourth-order valence-electron chi connectivity index (χ4n) is 4.85. The number of nitrogens with two attached hydrogens (primary N) is 2. The van der Waals surface area contributed by atoms with Crippen LogP contribution in [0.2, 0.25) is 0 Å².